The highest BCUT2D eigenvalue weighted by Crippen LogP contribution is 2.33. The van der Waals surface area contributed by atoms with Crippen LogP contribution in [0.5, 0.6) is 5.75 Å². The summed E-state index contributed by atoms with van der Waals surface area (Å²) in [7, 11) is 1.43. The minimum Gasteiger partial charge on any atom is -0.490 e. The van der Waals surface area contributed by atoms with Crippen LogP contribution in [-0.2, 0) is 0 Å². The van der Waals surface area contributed by atoms with Gasteiger partial charge in [0.05, 0.1) is 39.9 Å². The van der Waals surface area contributed by atoms with Gasteiger partial charge in [-0.1, -0.05) is 48.7 Å². The number of benzene rings is 2. The van der Waals surface area contributed by atoms with Crippen LogP contribution in [-0.4, -0.2) is 55.6 Å². The molecular formula is C23H30Cl3FN2O4. The van der Waals surface area contributed by atoms with Crippen molar-refractivity contribution in [1.29, 1.82) is 0 Å². The van der Waals surface area contributed by atoms with Crippen molar-refractivity contribution < 1.29 is 24.1 Å². The molecule has 2 aromatic rings. The van der Waals surface area contributed by atoms with Crippen LogP contribution in [0.2, 0.25) is 15.1 Å². The van der Waals surface area contributed by atoms with Crippen LogP contribution in [0, 0.1) is 5.82 Å². The Morgan fingerprint density at radius 2 is 1.79 bits per heavy atom. The molecule has 3 N–H and O–H groups in total. The number of carbonyl (C=O) groups is 1. The predicted octanol–water partition coefficient (Wildman–Crippen LogP) is 5.19. The van der Waals surface area contributed by atoms with E-state index in [1.165, 1.54) is 13.1 Å². The van der Waals surface area contributed by atoms with Crippen molar-refractivity contribution in [1.82, 2.24) is 5.32 Å². The van der Waals surface area contributed by atoms with Crippen LogP contribution in [0.3, 0.4) is 0 Å². The van der Waals surface area contributed by atoms with Gasteiger partial charge in [0.15, 0.2) is 0 Å². The molecule has 1 heterocycles. The van der Waals surface area contributed by atoms with Crippen molar-refractivity contribution in [3.05, 3.63) is 56.8 Å². The van der Waals surface area contributed by atoms with E-state index in [-0.39, 0.29) is 35.6 Å². The van der Waals surface area contributed by atoms with Crippen LogP contribution in [0.4, 0.5) is 10.1 Å². The first kappa shape index (κ1) is 29.3. The average molecular weight is 524 g/mol. The molecule has 1 saturated heterocycles. The number of anilines is 1. The van der Waals surface area contributed by atoms with E-state index in [4.69, 9.17) is 49.8 Å². The zero-order valence-electron chi connectivity index (χ0n) is 18.9. The number of nitrogens with one attached hydrogen (secondary N) is 1. The first-order valence-electron chi connectivity index (χ1n) is 10.6. The Kier molecular flexibility index (Phi) is 13.5. The lowest BCUT2D eigenvalue weighted by atomic mass is 10.2. The third-order valence-electron chi connectivity index (χ3n) is 4.64. The van der Waals surface area contributed by atoms with Gasteiger partial charge in [0.25, 0.3) is 5.91 Å². The molecule has 1 fully saturated rings. The maximum absolute atomic E-state index is 14.2. The zero-order valence-corrected chi connectivity index (χ0v) is 21.1. The van der Waals surface area contributed by atoms with Crippen molar-refractivity contribution in [3.63, 3.8) is 0 Å². The molecule has 1 atom stereocenters. The molecule has 1 amide bonds. The van der Waals surface area contributed by atoms with Crippen LogP contribution in [0.25, 0.3) is 0 Å². The monoisotopic (exact) mass is 522 g/mol. The molecule has 0 radical (unpaired) electrons. The van der Waals surface area contributed by atoms with E-state index in [1.54, 1.807) is 6.07 Å². The molecule has 184 valence electrons. The summed E-state index contributed by atoms with van der Waals surface area (Å²) in [5.74, 6) is -1.01. The lowest BCUT2D eigenvalue weighted by Gasteiger charge is -2.27. The maximum atomic E-state index is 14.2. The van der Waals surface area contributed by atoms with Gasteiger partial charge in [0.1, 0.15) is 18.2 Å². The predicted molar refractivity (Wildman–Crippen MR) is 133 cm³/mol. The Hall–Kier alpha value is -1.77. The number of halogens is 4. The zero-order chi connectivity index (χ0) is 25.0. The van der Waals surface area contributed by atoms with Gasteiger partial charge >= 0.3 is 0 Å². The number of amides is 1. The molecule has 1 aliphatic heterocycles. The van der Waals surface area contributed by atoms with Crippen molar-refractivity contribution in [2.45, 2.75) is 32.7 Å². The SMILES string of the molecule is CC.CNC(=O)c1cc(Cl)c(OCC2CCCN2c2ccc(Cl)c(Cl)c2)cc1F.OCCO. The first-order valence-corrected chi connectivity index (χ1v) is 11.7. The highest BCUT2D eigenvalue weighted by atomic mass is 35.5. The second kappa shape index (κ2) is 15.2. The quantitative estimate of drug-likeness (QED) is 0.485. The highest BCUT2D eigenvalue weighted by molar-refractivity contribution is 6.42. The number of rotatable bonds is 6. The number of hydrogen-bond donors (Lipinski definition) is 3. The second-order valence-corrected chi connectivity index (χ2v) is 7.91. The molecule has 6 nitrogen and oxygen atoms in total. The maximum Gasteiger partial charge on any atom is 0.254 e. The Morgan fingerprint density at radius 3 is 2.36 bits per heavy atom. The summed E-state index contributed by atoms with van der Waals surface area (Å²) in [6, 6.07) is 8.02. The molecule has 1 aliphatic rings. The molecule has 0 aliphatic carbocycles. The molecule has 0 spiro atoms. The second-order valence-electron chi connectivity index (χ2n) is 6.69. The van der Waals surface area contributed by atoms with E-state index in [0.29, 0.717) is 16.7 Å². The van der Waals surface area contributed by atoms with Crippen LogP contribution in [0.15, 0.2) is 30.3 Å². The largest absolute Gasteiger partial charge is 0.490 e. The normalized spacial score (nSPS) is 14.6. The van der Waals surface area contributed by atoms with E-state index < -0.39 is 11.7 Å². The minimum atomic E-state index is -0.679. The molecule has 33 heavy (non-hydrogen) atoms. The van der Waals surface area contributed by atoms with Crippen molar-refractivity contribution >= 4 is 46.4 Å². The van der Waals surface area contributed by atoms with Gasteiger partial charge in [-0.25, -0.2) is 4.39 Å². The minimum absolute atomic E-state index is 0.0972. The van der Waals surface area contributed by atoms with Crippen LogP contribution in [0.1, 0.15) is 37.0 Å². The van der Waals surface area contributed by atoms with Crippen LogP contribution >= 0.6 is 34.8 Å². The fourth-order valence-corrected chi connectivity index (χ4v) is 3.66. The Labute approximate surface area is 209 Å². The third kappa shape index (κ3) is 8.50. The van der Waals surface area contributed by atoms with Gasteiger partial charge in [-0.15, -0.1) is 0 Å². The number of aliphatic hydroxyl groups is 2. The molecule has 2 aromatic carbocycles. The van der Waals surface area contributed by atoms with Gasteiger partial charge in [0.2, 0.25) is 0 Å². The molecule has 10 heteroatoms. The summed E-state index contributed by atoms with van der Waals surface area (Å²) in [6.07, 6.45) is 1.93. The van der Waals surface area contributed by atoms with E-state index in [1.807, 2.05) is 26.0 Å². The highest BCUT2D eigenvalue weighted by Gasteiger charge is 2.26. The summed E-state index contributed by atoms with van der Waals surface area (Å²) < 4.78 is 19.9. The lowest BCUT2D eigenvalue weighted by Crippen LogP contribution is -2.34. The van der Waals surface area contributed by atoms with Gasteiger partial charge in [-0.3, -0.25) is 4.79 Å². The fourth-order valence-electron chi connectivity index (χ4n) is 3.15. The molecule has 3 rings (SSSR count). The number of nitrogens with zero attached hydrogens (tertiary/aromatic N) is 1. The fraction of sp³-hybridized carbons (Fsp3) is 0.435. The third-order valence-corrected chi connectivity index (χ3v) is 5.67. The van der Waals surface area contributed by atoms with Gasteiger partial charge < -0.3 is 25.2 Å². The van der Waals surface area contributed by atoms with Crippen molar-refractivity contribution in [2.75, 3.05) is 38.3 Å². The van der Waals surface area contributed by atoms with E-state index in [2.05, 4.69) is 10.2 Å². The van der Waals surface area contributed by atoms with E-state index >= 15 is 0 Å². The number of carbonyl (C=O) groups excluding carboxylic acids is 1. The summed E-state index contributed by atoms with van der Waals surface area (Å²) in [6.45, 7) is 4.95. The first-order chi connectivity index (χ1) is 15.8. The number of ether oxygens (including phenoxy) is 1. The van der Waals surface area contributed by atoms with Gasteiger partial charge in [-0.2, -0.15) is 0 Å². The summed E-state index contributed by atoms with van der Waals surface area (Å²) in [4.78, 5) is 13.8. The van der Waals surface area contributed by atoms with Gasteiger partial charge in [-0.05, 0) is 37.1 Å². The van der Waals surface area contributed by atoms with Gasteiger partial charge in [0, 0.05) is 25.3 Å². The summed E-state index contributed by atoms with van der Waals surface area (Å²) in [5, 5.41) is 18.8. The average Bonchev–Trinajstić information content (AvgIpc) is 3.30. The lowest BCUT2D eigenvalue weighted by molar-refractivity contribution is 0.0959. The van der Waals surface area contributed by atoms with Crippen molar-refractivity contribution in [3.8, 4) is 5.75 Å². The Morgan fingerprint density at radius 1 is 1.12 bits per heavy atom. The number of aliphatic hydroxyl groups excluding tert-OH is 2. The summed E-state index contributed by atoms with van der Waals surface area (Å²) in [5.41, 5.74) is 0.843. The van der Waals surface area contributed by atoms with E-state index in [9.17, 15) is 9.18 Å². The number of hydrogen-bond acceptors (Lipinski definition) is 5. The van der Waals surface area contributed by atoms with Crippen LogP contribution < -0.4 is 15.0 Å². The molecule has 0 saturated carbocycles. The molecule has 0 bridgehead atoms. The van der Waals surface area contributed by atoms with E-state index in [0.717, 1.165) is 31.1 Å². The Bertz CT molecular complexity index is 900. The standard InChI is InChI=1S/C19H18Cl3FN2O2.C2H6O2.C2H6/c1-24-19(26)13-8-16(22)18(9-17(13)23)27-10-12-3-2-6-25(12)11-4-5-14(20)15(21)7-11;3-1-2-4;1-2/h4-5,7-9,12H,2-3,6,10H2,1H3,(H,24,26);3-4H,1-2H2;1-2H3. The topological polar surface area (TPSA) is 82.0 Å². The summed E-state index contributed by atoms with van der Waals surface area (Å²) >= 11 is 18.3. The Balaban J connectivity index is 0.000000820. The van der Waals surface area contributed by atoms with Crippen molar-refractivity contribution in [2.24, 2.45) is 0 Å². The smallest absolute Gasteiger partial charge is 0.254 e. The molecule has 1 unspecified atom stereocenters. The molecular weight excluding hydrogens is 494 g/mol. The molecule has 0 aromatic heterocycles.